The van der Waals surface area contributed by atoms with Crippen molar-refractivity contribution >= 4 is 34.4 Å². The van der Waals surface area contributed by atoms with Crippen LogP contribution in [0.5, 0.6) is 0 Å². The predicted octanol–water partition coefficient (Wildman–Crippen LogP) is 2.10. The van der Waals surface area contributed by atoms with Crippen molar-refractivity contribution in [3.8, 4) is 23.7 Å². The van der Waals surface area contributed by atoms with E-state index in [1.807, 2.05) is 25.4 Å². The lowest BCUT2D eigenvalue weighted by Gasteiger charge is -2.31. The van der Waals surface area contributed by atoms with Crippen LogP contribution in [-0.4, -0.2) is 36.7 Å². The van der Waals surface area contributed by atoms with Gasteiger partial charge in [-0.05, 0) is 6.42 Å². The molecule has 0 aliphatic heterocycles. The maximum atomic E-state index is 12.0. The summed E-state index contributed by atoms with van der Waals surface area (Å²) in [6.45, 7) is 0. The Morgan fingerprint density at radius 1 is 1.50 bits per heavy atom. The van der Waals surface area contributed by atoms with Crippen LogP contribution in [0, 0.1) is 24.2 Å². The summed E-state index contributed by atoms with van der Waals surface area (Å²) < 4.78 is 1.69. The summed E-state index contributed by atoms with van der Waals surface area (Å²) in [5, 5.41) is 7.91. The number of terminal acetylenes is 1. The van der Waals surface area contributed by atoms with Crippen LogP contribution >= 0.6 is 11.6 Å². The third kappa shape index (κ3) is 3.10. The minimum atomic E-state index is -0.546. The number of aryl methyl sites for hydroxylation is 1. The Kier molecular flexibility index (Phi) is 4.53. The molecule has 1 aliphatic rings. The van der Waals surface area contributed by atoms with Gasteiger partial charge in [0, 0.05) is 19.3 Å². The summed E-state index contributed by atoms with van der Waals surface area (Å²) in [7, 11) is 1.83. The first-order valence-corrected chi connectivity index (χ1v) is 9.07. The smallest absolute Gasteiger partial charge is 0.224 e. The van der Waals surface area contributed by atoms with Crippen LogP contribution in [0.3, 0.4) is 0 Å². The van der Waals surface area contributed by atoms with Crippen LogP contribution in [0.25, 0.3) is 22.6 Å². The van der Waals surface area contributed by atoms with Gasteiger partial charge in [-0.2, -0.15) is 5.10 Å². The first kappa shape index (κ1) is 18.1. The van der Waals surface area contributed by atoms with Crippen molar-refractivity contribution in [2.45, 2.75) is 12.5 Å². The minimum absolute atomic E-state index is 0.295. The Balaban J connectivity index is 1.75. The van der Waals surface area contributed by atoms with E-state index in [0.29, 0.717) is 34.1 Å². The highest BCUT2D eigenvalue weighted by Gasteiger charge is 2.34. The van der Waals surface area contributed by atoms with E-state index in [4.69, 9.17) is 23.8 Å². The molecule has 0 aromatic carbocycles. The molecule has 142 valence electrons. The minimum Gasteiger partial charge on any atom is -0.378 e. The van der Waals surface area contributed by atoms with E-state index in [9.17, 15) is 4.79 Å². The van der Waals surface area contributed by atoms with Gasteiger partial charge in [-0.3, -0.25) is 9.48 Å². The number of nitrogens with zero attached hydrogens (tertiary/aromatic N) is 4. The van der Waals surface area contributed by atoms with Crippen molar-refractivity contribution < 1.29 is 4.79 Å². The van der Waals surface area contributed by atoms with Crippen molar-refractivity contribution in [3.05, 3.63) is 35.8 Å². The number of halogens is 1. The largest absolute Gasteiger partial charge is 0.378 e. The molecular formula is C19H18ClN7O. The van der Waals surface area contributed by atoms with Crippen LogP contribution < -0.4 is 11.1 Å². The molecule has 8 nitrogen and oxygen atoms in total. The number of nitrogens with one attached hydrogen (secondary N) is 2. The second-order valence-corrected chi connectivity index (χ2v) is 7.11. The van der Waals surface area contributed by atoms with Gasteiger partial charge in [0.15, 0.2) is 5.65 Å². The number of imidazole rings is 1. The Labute approximate surface area is 166 Å². The average molecular weight is 396 g/mol. The maximum Gasteiger partial charge on any atom is 0.224 e. The number of H-pyrrole nitrogens is 1. The first-order valence-electron chi connectivity index (χ1n) is 8.69. The van der Waals surface area contributed by atoms with Crippen LogP contribution in [0.15, 0.2) is 30.7 Å². The Morgan fingerprint density at radius 2 is 2.32 bits per heavy atom. The van der Waals surface area contributed by atoms with E-state index in [2.05, 4.69) is 31.3 Å². The molecule has 0 bridgehead atoms. The summed E-state index contributed by atoms with van der Waals surface area (Å²) in [6.07, 6.45) is 15.0. The molecule has 0 radical (unpaired) electrons. The molecule has 3 atom stereocenters. The van der Waals surface area contributed by atoms with Crippen molar-refractivity contribution in [2.75, 3.05) is 5.32 Å². The number of pyridine rings is 1. The fraction of sp³-hybridized carbons (Fsp3) is 0.263. The number of aromatic amines is 1. The third-order valence-electron chi connectivity index (χ3n) is 4.86. The molecule has 3 aromatic rings. The molecule has 3 heterocycles. The summed E-state index contributed by atoms with van der Waals surface area (Å²) in [4.78, 5) is 24.1. The van der Waals surface area contributed by atoms with E-state index in [1.165, 1.54) is 6.20 Å². The van der Waals surface area contributed by atoms with Gasteiger partial charge in [0.1, 0.15) is 11.3 Å². The van der Waals surface area contributed by atoms with Gasteiger partial charge in [0.25, 0.3) is 0 Å². The lowest BCUT2D eigenvalue weighted by Crippen LogP contribution is -2.43. The number of allylic oxidation sites excluding steroid dienone is 1. The summed E-state index contributed by atoms with van der Waals surface area (Å²) in [5.41, 5.74) is 8.20. The van der Waals surface area contributed by atoms with Crippen molar-refractivity contribution in [2.24, 2.45) is 24.6 Å². The quantitative estimate of drug-likeness (QED) is 0.462. The molecule has 28 heavy (non-hydrogen) atoms. The highest BCUT2D eigenvalue weighted by atomic mass is 35.5. The molecule has 0 spiro atoms. The maximum absolute atomic E-state index is 12.0. The zero-order chi connectivity index (χ0) is 19.8. The monoisotopic (exact) mass is 395 g/mol. The Bertz CT molecular complexity index is 1120. The molecular weight excluding hydrogens is 378 g/mol. The average Bonchev–Trinajstić information content (AvgIpc) is 3.29. The number of aromatic nitrogens is 5. The van der Waals surface area contributed by atoms with Crippen molar-refractivity contribution in [1.82, 2.24) is 24.7 Å². The van der Waals surface area contributed by atoms with Crippen LogP contribution in [0.2, 0.25) is 5.02 Å². The predicted molar refractivity (Wildman–Crippen MR) is 107 cm³/mol. The third-order valence-corrected chi connectivity index (χ3v) is 5.14. The van der Waals surface area contributed by atoms with Crippen molar-refractivity contribution in [3.63, 3.8) is 0 Å². The second-order valence-electron chi connectivity index (χ2n) is 6.70. The summed E-state index contributed by atoms with van der Waals surface area (Å²) in [6, 6.07) is -0.295. The number of hydrogen-bond acceptors (Lipinski definition) is 5. The second kappa shape index (κ2) is 7.02. The van der Waals surface area contributed by atoms with Crippen molar-refractivity contribution in [1.29, 1.82) is 0 Å². The highest BCUT2D eigenvalue weighted by molar-refractivity contribution is 6.34. The molecule has 3 aromatic heterocycles. The SMILES string of the molecule is C#CC1C=CCC(Nc2c(Cl)cnc3nc(-c4cnn(C)c4)[nH]c23)C1C(N)=O. The fourth-order valence-corrected chi connectivity index (χ4v) is 3.71. The Morgan fingerprint density at radius 3 is 3.00 bits per heavy atom. The van der Waals surface area contributed by atoms with Gasteiger partial charge in [0.05, 0.1) is 40.5 Å². The number of carbonyl (C=O) groups is 1. The van der Waals surface area contributed by atoms with Gasteiger partial charge in [-0.15, -0.1) is 6.42 Å². The molecule has 4 rings (SSSR count). The number of rotatable bonds is 4. The topological polar surface area (TPSA) is 115 Å². The van der Waals surface area contributed by atoms with Gasteiger partial charge >= 0.3 is 0 Å². The van der Waals surface area contributed by atoms with Gasteiger partial charge in [-0.1, -0.05) is 29.7 Å². The fourth-order valence-electron chi connectivity index (χ4n) is 3.51. The van der Waals surface area contributed by atoms with Gasteiger partial charge in [0.2, 0.25) is 5.91 Å². The number of hydrogen-bond donors (Lipinski definition) is 3. The summed E-state index contributed by atoms with van der Waals surface area (Å²) >= 11 is 6.42. The molecule has 1 aliphatic carbocycles. The normalized spacial score (nSPS) is 21.5. The molecule has 4 N–H and O–H groups in total. The zero-order valence-corrected chi connectivity index (χ0v) is 15.8. The lowest BCUT2D eigenvalue weighted by molar-refractivity contribution is -0.123. The number of nitrogens with two attached hydrogens (primary N) is 1. The van der Waals surface area contributed by atoms with Crippen LogP contribution in [0.1, 0.15) is 6.42 Å². The molecule has 0 saturated heterocycles. The molecule has 9 heteroatoms. The van der Waals surface area contributed by atoms with E-state index in [1.54, 1.807) is 10.9 Å². The van der Waals surface area contributed by atoms with E-state index in [-0.39, 0.29) is 12.0 Å². The Hall–Kier alpha value is -3.31. The van der Waals surface area contributed by atoms with Crippen LogP contribution in [0.4, 0.5) is 5.69 Å². The number of amides is 1. The molecule has 0 fully saturated rings. The molecule has 1 amide bonds. The number of anilines is 1. The zero-order valence-electron chi connectivity index (χ0n) is 15.1. The van der Waals surface area contributed by atoms with E-state index >= 15 is 0 Å². The molecule has 3 unspecified atom stereocenters. The number of primary amides is 1. The van der Waals surface area contributed by atoms with Crippen LogP contribution in [-0.2, 0) is 11.8 Å². The van der Waals surface area contributed by atoms with E-state index in [0.717, 1.165) is 5.56 Å². The summed E-state index contributed by atoms with van der Waals surface area (Å²) in [5.74, 6) is 1.88. The number of fused-ring (bicyclic) bond motifs is 1. The standard InChI is InChI=1S/C19H18ClN7O/c1-3-10-5-4-6-13(14(10)17(21)28)24-15-12(20)8-22-19-16(15)25-18(26-19)11-7-23-27(2)9-11/h1,4-5,7-10,13-14H,6H2,2H3,(H2,21,28)(H2,22,24,25,26). The van der Waals surface area contributed by atoms with E-state index < -0.39 is 11.8 Å². The molecule has 0 saturated carbocycles. The highest BCUT2D eigenvalue weighted by Crippen LogP contribution is 2.34. The number of carbonyl (C=O) groups excluding carboxylic acids is 1. The first-order chi connectivity index (χ1) is 13.5. The lowest BCUT2D eigenvalue weighted by atomic mass is 9.80. The van der Waals surface area contributed by atoms with Gasteiger partial charge in [-0.25, -0.2) is 9.97 Å². The van der Waals surface area contributed by atoms with Gasteiger partial charge < -0.3 is 16.0 Å².